The number of halogens is 1. The molecule has 0 bridgehead atoms. The molecule has 0 spiro atoms. The maximum Gasteiger partial charge on any atom is 0.276 e. The Morgan fingerprint density at radius 2 is 2.03 bits per heavy atom. The van der Waals surface area contributed by atoms with Gasteiger partial charge in [0.2, 0.25) is 0 Å². The van der Waals surface area contributed by atoms with E-state index in [0.29, 0.717) is 28.7 Å². The van der Waals surface area contributed by atoms with Crippen molar-refractivity contribution in [3.63, 3.8) is 0 Å². The van der Waals surface area contributed by atoms with Crippen molar-refractivity contribution in [2.45, 2.75) is 27.1 Å². The van der Waals surface area contributed by atoms with Gasteiger partial charge in [-0.05, 0) is 37.6 Å². The molecule has 10 heteroatoms. The van der Waals surface area contributed by atoms with Crippen LogP contribution in [0.15, 0.2) is 36.7 Å². The van der Waals surface area contributed by atoms with Gasteiger partial charge in [0.15, 0.2) is 12.4 Å². The summed E-state index contributed by atoms with van der Waals surface area (Å²) in [6.07, 6.45) is 3.08. The molecule has 0 atom stereocenters. The quantitative estimate of drug-likeness (QED) is 0.621. The SMILES string of the molecule is CCn1ncc(NC(=O)c2ccn(COc3cc(C)ccc3Cl)n2)c1C(=O)N(C)C. The van der Waals surface area contributed by atoms with Gasteiger partial charge in [0, 0.05) is 26.8 Å². The molecule has 0 radical (unpaired) electrons. The van der Waals surface area contributed by atoms with Gasteiger partial charge in [-0.1, -0.05) is 17.7 Å². The number of carbonyl (C=O) groups is 2. The Morgan fingerprint density at radius 3 is 2.73 bits per heavy atom. The van der Waals surface area contributed by atoms with Crippen LogP contribution in [0, 0.1) is 6.92 Å². The van der Waals surface area contributed by atoms with Gasteiger partial charge >= 0.3 is 0 Å². The fourth-order valence-electron chi connectivity index (χ4n) is 2.75. The van der Waals surface area contributed by atoms with Crippen LogP contribution >= 0.6 is 11.6 Å². The molecule has 0 aliphatic heterocycles. The Labute approximate surface area is 179 Å². The van der Waals surface area contributed by atoms with E-state index in [1.165, 1.54) is 20.5 Å². The Hall–Kier alpha value is -3.33. The van der Waals surface area contributed by atoms with Gasteiger partial charge in [0.25, 0.3) is 11.8 Å². The zero-order valence-electron chi connectivity index (χ0n) is 17.2. The molecule has 2 aromatic heterocycles. The Bertz CT molecular complexity index is 1070. The van der Waals surface area contributed by atoms with E-state index in [-0.39, 0.29) is 18.3 Å². The summed E-state index contributed by atoms with van der Waals surface area (Å²) < 4.78 is 8.70. The average molecular weight is 431 g/mol. The Kier molecular flexibility index (Phi) is 6.41. The van der Waals surface area contributed by atoms with Gasteiger partial charge in [0.05, 0.1) is 16.9 Å². The number of benzene rings is 1. The Balaban J connectivity index is 1.71. The highest BCUT2D eigenvalue weighted by atomic mass is 35.5. The van der Waals surface area contributed by atoms with E-state index in [1.807, 2.05) is 26.0 Å². The molecule has 1 N–H and O–H groups in total. The summed E-state index contributed by atoms with van der Waals surface area (Å²) in [6.45, 7) is 4.40. The normalized spacial score (nSPS) is 10.7. The van der Waals surface area contributed by atoms with Gasteiger partial charge < -0.3 is 15.0 Å². The fourth-order valence-corrected chi connectivity index (χ4v) is 2.92. The van der Waals surface area contributed by atoms with Gasteiger partial charge in [-0.15, -0.1) is 0 Å². The minimum Gasteiger partial charge on any atom is -0.470 e. The number of hydrogen-bond donors (Lipinski definition) is 1. The largest absolute Gasteiger partial charge is 0.470 e. The molecule has 158 valence electrons. The summed E-state index contributed by atoms with van der Waals surface area (Å²) in [7, 11) is 3.28. The van der Waals surface area contributed by atoms with Crippen LogP contribution in [0.25, 0.3) is 0 Å². The second-order valence-electron chi connectivity index (χ2n) is 6.82. The van der Waals surface area contributed by atoms with Crippen molar-refractivity contribution in [1.82, 2.24) is 24.5 Å². The maximum absolute atomic E-state index is 12.6. The van der Waals surface area contributed by atoms with E-state index < -0.39 is 5.91 Å². The molecule has 2 amide bonds. The van der Waals surface area contributed by atoms with Crippen molar-refractivity contribution >= 4 is 29.1 Å². The lowest BCUT2D eigenvalue weighted by atomic mass is 10.2. The Morgan fingerprint density at radius 1 is 1.27 bits per heavy atom. The molecule has 0 aliphatic rings. The standard InChI is InChI=1S/C20H23ClN6O3/c1-5-27-18(20(29)25(3)4)16(11-22-27)23-19(28)15-8-9-26(24-15)12-30-17-10-13(2)6-7-14(17)21/h6-11H,5,12H2,1-4H3,(H,23,28). The zero-order chi connectivity index (χ0) is 21.8. The number of nitrogens with one attached hydrogen (secondary N) is 1. The van der Waals surface area contributed by atoms with Crippen molar-refractivity contribution in [3.8, 4) is 5.75 Å². The molecular formula is C20H23ClN6O3. The van der Waals surface area contributed by atoms with Gasteiger partial charge in [0.1, 0.15) is 11.4 Å². The molecule has 0 aliphatic carbocycles. The number of anilines is 1. The van der Waals surface area contributed by atoms with Crippen LogP contribution < -0.4 is 10.1 Å². The van der Waals surface area contributed by atoms with Gasteiger partial charge in [-0.25, -0.2) is 4.68 Å². The smallest absolute Gasteiger partial charge is 0.276 e. The lowest BCUT2D eigenvalue weighted by Crippen LogP contribution is -2.26. The van der Waals surface area contributed by atoms with Crippen LogP contribution in [0.5, 0.6) is 5.75 Å². The predicted octanol–water partition coefficient (Wildman–Crippen LogP) is 3.05. The third kappa shape index (κ3) is 4.62. The van der Waals surface area contributed by atoms with Crippen molar-refractivity contribution in [1.29, 1.82) is 0 Å². The number of amides is 2. The van der Waals surface area contributed by atoms with E-state index in [1.54, 1.807) is 32.4 Å². The zero-order valence-corrected chi connectivity index (χ0v) is 18.0. The number of hydrogen-bond acceptors (Lipinski definition) is 5. The number of rotatable bonds is 7. The van der Waals surface area contributed by atoms with Crippen LogP contribution in [-0.2, 0) is 13.3 Å². The molecule has 0 saturated carbocycles. The first-order valence-electron chi connectivity index (χ1n) is 9.31. The minimum atomic E-state index is -0.453. The topological polar surface area (TPSA) is 94.3 Å². The second-order valence-corrected chi connectivity index (χ2v) is 7.23. The molecule has 0 unspecified atom stereocenters. The molecule has 1 aromatic carbocycles. The fraction of sp³-hybridized carbons (Fsp3) is 0.300. The first-order valence-corrected chi connectivity index (χ1v) is 9.69. The maximum atomic E-state index is 12.6. The van der Waals surface area contributed by atoms with E-state index in [0.717, 1.165) is 5.56 Å². The van der Waals surface area contributed by atoms with Crippen molar-refractivity contribution < 1.29 is 14.3 Å². The highest BCUT2D eigenvalue weighted by Crippen LogP contribution is 2.25. The third-order valence-corrected chi connectivity index (χ3v) is 4.62. The van der Waals surface area contributed by atoms with Crippen LogP contribution in [0.2, 0.25) is 5.02 Å². The van der Waals surface area contributed by atoms with E-state index in [4.69, 9.17) is 16.3 Å². The summed E-state index contributed by atoms with van der Waals surface area (Å²) >= 11 is 6.13. The summed E-state index contributed by atoms with van der Waals surface area (Å²) in [5.74, 6) is -0.165. The summed E-state index contributed by atoms with van der Waals surface area (Å²) in [6, 6.07) is 7.04. The number of carbonyl (C=O) groups excluding carboxylic acids is 2. The number of nitrogens with zero attached hydrogens (tertiary/aromatic N) is 5. The van der Waals surface area contributed by atoms with Crippen molar-refractivity contribution in [2.75, 3.05) is 19.4 Å². The molecule has 0 fully saturated rings. The van der Waals surface area contributed by atoms with Crippen LogP contribution in [-0.4, -0.2) is 50.4 Å². The second kappa shape index (κ2) is 9.00. The summed E-state index contributed by atoms with van der Waals surface area (Å²) in [5, 5.41) is 11.6. The number of ether oxygens (including phenoxy) is 1. The van der Waals surface area contributed by atoms with Crippen molar-refractivity contribution in [3.05, 3.63) is 58.6 Å². The lowest BCUT2D eigenvalue weighted by molar-refractivity contribution is 0.0816. The molecular weight excluding hydrogens is 408 g/mol. The molecule has 30 heavy (non-hydrogen) atoms. The summed E-state index contributed by atoms with van der Waals surface area (Å²) in [4.78, 5) is 26.5. The third-order valence-electron chi connectivity index (χ3n) is 4.31. The number of aromatic nitrogens is 4. The number of aryl methyl sites for hydroxylation is 2. The van der Waals surface area contributed by atoms with Crippen LogP contribution in [0.4, 0.5) is 5.69 Å². The van der Waals surface area contributed by atoms with Crippen LogP contribution in [0.3, 0.4) is 0 Å². The molecule has 3 aromatic rings. The first-order chi connectivity index (χ1) is 14.3. The molecule has 3 rings (SSSR count). The molecule has 0 saturated heterocycles. The minimum absolute atomic E-state index is 0.0919. The van der Waals surface area contributed by atoms with E-state index >= 15 is 0 Å². The van der Waals surface area contributed by atoms with Gasteiger partial charge in [-0.2, -0.15) is 10.2 Å². The monoisotopic (exact) mass is 430 g/mol. The highest BCUT2D eigenvalue weighted by Gasteiger charge is 2.22. The first kappa shape index (κ1) is 21.4. The predicted molar refractivity (Wildman–Crippen MR) is 113 cm³/mol. The van der Waals surface area contributed by atoms with Crippen molar-refractivity contribution in [2.24, 2.45) is 0 Å². The molecule has 9 nitrogen and oxygen atoms in total. The summed E-state index contributed by atoms with van der Waals surface area (Å²) in [5.41, 5.74) is 1.85. The van der Waals surface area contributed by atoms with Crippen LogP contribution in [0.1, 0.15) is 33.5 Å². The molecule has 2 heterocycles. The van der Waals surface area contributed by atoms with Gasteiger partial charge in [-0.3, -0.25) is 14.3 Å². The van der Waals surface area contributed by atoms with E-state index in [9.17, 15) is 9.59 Å². The lowest BCUT2D eigenvalue weighted by Gasteiger charge is -2.13. The average Bonchev–Trinajstić information content (AvgIpc) is 3.35. The highest BCUT2D eigenvalue weighted by molar-refractivity contribution is 6.32. The van der Waals surface area contributed by atoms with E-state index in [2.05, 4.69) is 15.5 Å².